The lowest BCUT2D eigenvalue weighted by Crippen LogP contribution is -2.48. The van der Waals surface area contributed by atoms with Crippen molar-refractivity contribution in [1.82, 2.24) is 10.2 Å². The Kier molecular flexibility index (Phi) is 5.86. The van der Waals surface area contributed by atoms with Crippen molar-refractivity contribution in [2.24, 2.45) is 11.3 Å². The van der Waals surface area contributed by atoms with E-state index in [1.54, 1.807) is 7.11 Å². The second-order valence-electron chi connectivity index (χ2n) is 7.41. The minimum absolute atomic E-state index is 0.0252. The van der Waals surface area contributed by atoms with E-state index in [2.05, 4.69) is 5.32 Å². The van der Waals surface area contributed by atoms with Crippen LogP contribution in [0.4, 0.5) is 0 Å². The van der Waals surface area contributed by atoms with Crippen LogP contribution in [-0.4, -0.2) is 36.9 Å². The van der Waals surface area contributed by atoms with Gasteiger partial charge in [-0.3, -0.25) is 9.59 Å². The second-order valence-corrected chi connectivity index (χ2v) is 7.41. The Morgan fingerprint density at radius 1 is 1.25 bits per heavy atom. The molecule has 5 nitrogen and oxygen atoms in total. The van der Waals surface area contributed by atoms with Gasteiger partial charge < -0.3 is 15.0 Å². The third-order valence-electron chi connectivity index (χ3n) is 4.35. The first-order valence-corrected chi connectivity index (χ1v) is 8.51. The summed E-state index contributed by atoms with van der Waals surface area (Å²) in [5.41, 5.74) is 0.629. The number of nitrogens with one attached hydrogen (secondary N) is 1. The Balaban J connectivity index is 1.88. The van der Waals surface area contributed by atoms with Crippen molar-refractivity contribution in [2.45, 2.75) is 40.2 Å². The van der Waals surface area contributed by atoms with Gasteiger partial charge in [-0.2, -0.15) is 0 Å². The van der Waals surface area contributed by atoms with Gasteiger partial charge in [0.2, 0.25) is 11.8 Å². The van der Waals surface area contributed by atoms with E-state index in [0.717, 1.165) is 30.7 Å². The summed E-state index contributed by atoms with van der Waals surface area (Å²) in [4.78, 5) is 26.7. The standard InChI is InChI=1S/C19H28N2O3/c1-19(2,3)18(23)21-11-5-6-15(13-21)17(22)20-12-14-7-9-16(24-4)10-8-14/h7-10,15H,5-6,11-13H2,1-4H3,(H,20,22)/t15-/m0/s1. The van der Waals surface area contributed by atoms with Crippen molar-refractivity contribution in [1.29, 1.82) is 0 Å². The highest BCUT2D eigenvalue weighted by atomic mass is 16.5. The first-order valence-electron chi connectivity index (χ1n) is 8.51. The van der Waals surface area contributed by atoms with Crippen LogP contribution < -0.4 is 10.1 Å². The quantitative estimate of drug-likeness (QED) is 0.922. The minimum atomic E-state index is -0.401. The van der Waals surface area contributed by atoms with Crippen LogP contribution in [0.25, 0.3) is 0 Å². The maximum atomic E-state index is 12.4. The van der Waals surface area contributed by atoms with E-state index in [-0.39, 0.29) is 17.7 Å². The van der Waals surface area contributed by atoms with Crippen molar-refractivity contribution < 1.29 is 14.3 Å². The molecule has 132 valence electrons. The number of rotatable bonds is 4. The van der Waals surface area contributed by atoms with Crippen LogP contribution in [0.3, 0.4) is 0 Å². The maximum absolute atomic E-state index is 12.4. The molecule has 5 heteroatoms. The van der Waals surface area contributed by atoms with Crippen molar-refractivity contribution in [3.8, 4) is 5.75 Å². The Labute approximate surface area is 144 Å². The summed E-state index contributed by atoms with van der Waals surface area (Å²) in [5.74, 6) is 0.823. The molecule has 1 N–H and O–H groups in total. The second kappa shape index (κ2) is 7.69. The molecule has 0 radical (unpaired) electrons. The molecule has 0 spiro atoms. The summed E-state index contributed by atoms with van der Waals surface area (Å²) in [5, 5.41) is 2.99. The van der Waals surface area contributed by atoms with Crippen LogP contribution in [0.5, 0.6) is 5.75 Å². The number of likely N-dealkylation sites (tertiary alicyclic amines) is 1. The molecule has 24 heavy (non-hydrogen) atoms. The van der Waals surface area contributed by atoms with Gasteiger partial charge in [0.25, 0.3) is 0 Å². The minimum Gasteiger partial charge on any atom is -0.497 e. The molecule has 0 aliphatic carbocycles. The number of benzene rings is 1. The third-order valence-corrected chi connectivity index (χ3v) is 4.35. The van der Waals surface area contributed by atoms with Gasteiger partial charge in [0.05, 0.1) is 13.0 Å². The number of nitrogens with zero attached hydrogens (tertiary/aromatic N) is 1. The number of carbonyl (C=O) groups is 2. The van der Waals surface area contributed by atoms with Crippen molar-refractivity contribution in [3.63, 3.8) is 0 Å². The predicted molar refractivity (Wildman–Crippen MR) is 93.6 cm³/mol. The molecule has 1 saturated heterocycles. The SMILES string of the molecule is COc1ccc(CNC(=O)[C@H]2CCCN(C(=O)C(C)(C)C)C2)cc1. The van der Waals surface area contributed by atoms with Gasteiger partial charge in [0, 0.05) is 25.0 Å². The molecule has 2 rings (SSSR count). The largest absolute Gasteiger partial charge is 0.497 e. The topological polar surface area (TPSA) is 58.6 Å². The molecule has 1 atom stereocenters. The van der Waals surface area contributed by atoms with Crippen molar-refractivity contribution >= 4 is 11.8 Å². The highest BCUT2D eigenvalue weighted by Gasteiger charge is 2.33. The molecular weight excluding hydrogens is 304 g/mol. The van der Waals surface area contributed by atoms with E-state index in [0.29, 0.717) is 13.1 Å². The van der Waals surface area contributed by atoms with Crippen LogP contribution in [0.15, 0.2) is 24.3 Å². The van der Waals surface area contributed by atoms with Crippen LogP contribution in [0, 0.1) is 11.3 Å². The van der Waals surface area contributed by atoms with E-state index in [4.69, 9.17) is 4.74 Å². The Morgan fingerprint density at radius 2 is 1.92 bits per heavy atom. The Morgan fingerprint density at radius 3 is 2.50 bits per heavy atom. The van der Waals surface area contributed by atoms with E-state index in [1.807, 2.05) is 49.9 Å². The Bertz CT molecular complexity index is 575. The molecule has 1 fully saturated rings. The average molecular weight is 332 g/mol. The number of amides is 2. The fraction of sp³-hybridized carbons (Fsp3) is 0.579. The lowest BCUT2D eigenvalue weighted by molar-refractivity contribution is -0.142. The maximum Gasteiger partial charge on any atom is 0.227 e. The van der Waals surface area contributed by atoms with Crippen LogP contribution >= 0.6 is 0 Å². The van der Waals surface area contributed by atoms with Crippen LogP contribution in [0.2, 0.25) is 0 Å². The van der Waals surface area contributed by atoms with E-state index < -0.39 is 5.41 Å². The smallest absolute Gasteiger partial charge is 0.227 e. The van der Waals surface area contributed by atoms with E-state index in [9.17, 15) is 9.59 Å². The molecule has 1 aliphatic rings. The molecule has 1 aromatic rings. The highest BCUT2D eigenvalue weighted by Crippen LogP contribution is 2.23. The van der Waals surface area contributed by atoms with Gasteiger partial charge in [0.15, 0.2) is 0 Å². The van der Waals surface area contributed by atoms with Crippen LogP contribution in [-0.2, 0) is 16.1 Å². The third kappa shape index (κ3) is 4.73. The van der Waals surface area contributed by atoms with E-state index >= 15 is 0 Å². The molecule has 1 heterocycles. The zero-order chi connectivity index (χ0) is 17.7. The summed E-state index contributed by atoms with van der Waals surface area (Å²) in [6, 6.07) is 7.64. The summed E-state index contributed by atoms with van der Waals surface area (Å²) in [6.07, 6.45) is 1.71. The van der Waals surface area contributed by atoms with Gasteiger partial charge in [-0.25, -0.2) is 0 Å². The predicted octanol–water partition coefficient (Wildman–Crippen LogP) is 2.60. The lowest BCUT2D eigenvalue weighted by Gasteiger charge is -2.35. The molecule has 0 saturated carbocycles. The van der Waals surface area contributed by atoms with Gasteiger partial charge in [0.1, 0.15) is 5.75 Å². The van der Waals surface area contributed by atoms with Gasteiger partial charge in [-0.1, -0.05) is 32.9 Å². The zero-order valence-corrected chi connectivity index (χ0v) is 15.1. The van der Waals surface area contributed by atoms with Crippen molar-refractivity contribution in [3.05, 3.63) is 29.8 Å². The average Bonchev–Trinajstić information content (AvgIpc) is 2.58. The molecular formula is C19H28N2O3. The first kappa shape index (κ1) is 18.3. The zero-order valence-electron chi connectivity index (χ0n) is 15.1. The normalized spacial score (nSPS) is 18.2. The summed E-state index contributed by atoms with van der Waals surface area (Å²) >= 11 is 0. The van der Waals surface area contributed by atoms with Crippen LogP contribution in [0.1, 0.15) is 39.2 Å². The lowest BCUT2D eigenvalue weighted by atomic mass is 9.91. The number of hydrogen-bond acceptors (Lipinski definition) is 3. The monoisotopic (exact) mass is 332 g/mol. The number of hydrogen-bond donors (Lipinski definition) is 1. The fourth-order valence-electron chi connectivity index (χ4n) is 2.93. The van der Waals surface area contributed by atoms with Gasteiger partial charge >= 0.3 is 0 Å². The Hall–Kier alpha value is -2.04. The van der Waals surface area contributed by atoms with Crippen molar-refractivity contribution in [2.75, 3.05) is 20.2 Å². The first-order chi connectivity index (χ1) is 11.3. The van der Waals surface area contributed by atoms with E-state index in [1.165, 1.54) is 0 Å². The number of methoxy groups -OCH3 is 1. The summed E-state index contributed by atoms with van der Waals surface area (Å²) < 4.78 is 5.13. The summed E-state index contributed by atoms with van der Waals surface area (Å²) in [6.45, 7) is 7.52. The number of ether oxygens (including phenoxy) is 1. The molecule has 0 unspecified atom stereocenters. The summed E-state index contributed by atoms with van der Waals surface area (Å²) in [7, 11) is 1.63. The molecule has 2 amide bonds. The molecule has 1 aliphatic heterocycles. The van der Waals surface area contributed by atoms with Gasteiger partial charge in [-0.05, 0) is 30.5 Å². The highest BCUT2D eigenvalue weighted by molar-refractivity contribution is 5.83. The molecule has 1 aromatic carbocycles. The number of piperidine rings is 1. The molecule has 0 bridgehead atoms. The molecule has 0 aromatic heterocycles. The van der Waals surface area contributed by atoms with Gasteiger partial charge in [-0.15, -0.1) is 0 Å². The fourth-order valence-corrected chi connectivity index (χ4v) is 2.93. The number of carbonyl (C=O) groups excluding carboxylic acids is 2.